The van der Waals surface area contributed by atoms with Gasteiger partial charge < -0.3 is 28.1 Å². The summed E-state index contributed by atoms with van der Waals surface area (Å²) in [5.41, 5.74) is 2.13. The molecule has 0 spiro atoms. The van der Waals surface area contributed by atoms with Crippen molar-refractivity contribution in [2.75, 3.05) is 13.2 Å². The first-order valence-electron chi connectivity index (χ1n) is 14.8. The summed E-state index contributed by atoms with van der Waals surface area (Å²) >= 11 is 0. The summed E-state index contributed by atoms with van der Waals surface area (Å²) in [4.78, 5) is 36.7. The molecule has 224 valence electrons. The van der Waals surface area contributed by atoms with Crippen molar-refractivity contribution in [1.82, 2.24) is 0 Å². The molecule has 3 heterocycles. The number of carbonyl (C=O) groups is 3. The summed E-state index contributed by atoms with van der Waals surface area (Å²) in [6.45, 7) is 13.7. The molecule has 0 amide bonds. The molecule has 41 heavy (non-hydrogen) atoms. The van der Waals surface area contributed by atoms with Crippen molar-refractivity contribution in [3.8, 4) is 0 Å². The van der Waals surface area contributed by atoms with E-state index in [1.807, 2.05) is 12.3 Å². The Kier molecular flexibility index (Phi) is 6.73. The van der Waals surface area contributed by atoms with Crippen molar-refractivity contribution in [3.05, 3.63) is 35.3 Å². The number of rotatable bonds is 6. The van der Waals surface area contributed by atoms with Gasteiger partial charge in [-0.2, -0.15) is 0 Å². The number of allylic oxidation sites excluding steroid dienone is 1. The van der Waals surface area contributed by atoms with Crippen molar-refractivity contribution < 1.29 is 42.5 Å². The van der Waals surface area contributed by atoms with Crippen molar-refractivity contribution in [1.29, 1.82) is 0 Å². The van der Waals surface area contributed by atoms with Gasteiger partial charge in [0, 0.05) is 55.3 Å². The number of carbonyl (C=O) groups excluding carboxylic acids is 3. The van der Waals surface area contributed by atoms with Crippen LogP contribution in [0, 0.1) is 28.1 Å². The Labute approximate surface area is 241 Å². The highest BCUT2D eigenvalue weighted by atomic mass is 16.6. The van der Waals surface area contributed by atoms with Gasteiger partial charge in [-0.25, -0.2) is 0 Å². The molecule has 1 aromatic rings. The van der Waals surface area contributed by atoms with Crippen LogP contribution in [0.3, 0.4) is 0 Å². The second-order valence-corrected chi connectivity index (χ2v) is 13.5. The Morgan fingerprint density at radius 1 is 1.00 bits per heavy atom. The third kappa shape index (κ3) is 3.98. The van der Waals surface area contributed by atoms with E-state index in [4.69, 9.17) is 28.1 Å². The highest BCUT2D eigenvalue weighted by Crippen LogP contribution is 2.74. The second kappa shape index (κ2) is 9.69. The fourth-order valence-electron chi connectivity index (χ4n) is 10.1. The summed E-state index contributed by atoms with van der Waals surface area (Å²) in [7, 11) is 0. The maximum atomic E-state index is 12.6. The number of hydrogen-bond donors (Lipinski definition) is 0. The highest BCUT2D eigenvalue weighted by Gasteiger charge is 2.78. The minimum atomic E-state index is -0.580. The molecule has 2 saturated heterocycles. The van der Waals surface area contributed by atoms with Gasteiger partial charge in [0.05, 0.1) is 44.1 Å². The van der Waals surface area contributed by atoms with Crippen LogP contribution in [0.2, 0.25) is 0 Å². The molecule has 0 N–H and O–H groups in total. The molecule has 1 aromatic heterocycles. The van der Waals surface area contributed by atoms with Crippen molar-refractivity contribution in [3.63, 3.8) is 0 Å². The molecular formula is C32H42O9. The lowest BCUT2D eigenvalue weighted by Crippen LogP contribution is -2.71. The maximum Gasteiger partial charge on any atom is 0.302 e. The van der Waals surface area contributed by atoms with Crippen LogP contribution in [-0.2, 0) is 38.1 Å². The van der Waals surface area contributed by atoms with Crippen LogP contribution < -0.4 is 0 Å². The summed E-state index contributed by atoms with van der Waals surface area (Å²) in [6.07, 6.45) is 3.66. The molecule has 2 aliphatic heterocycles. The minimum absolute atomic E-state index is 0.0812. The Hall–Kier alpha value is -2.65. The average molecular weight is 571 g/mol. The first-order valence-corrected chi connectivity index (χ1v) is 14.8. The number of esters is 3. The normalized spacial score (nSPS) is 44.2. The number of ether oxygens (including phenoxy) is 5. The van der Waals surface area contributed by atoms with E-state index in [0.29, 0.717) is 19.4 Å². The fraction of sp³-hybridized carbons (Fsp3) is 0.719. The van der Waals surface area contributed by atoms with E-state index in [1.54, 1.807) is 6.26 Å². The van der Waals surface area contributed by atoms with Crippen LogP contribution in [0.15, 0.2) is 34.2 Å². The molecule has 6 rings (SSSR count). The average Bonchev–Trinajstić information content (AvgIpc) is 3.64. The van der Waals surface area contributed by atoms with E-state index in [1.165, 1.54) is 31.9 Å². The molecule has 0 aromatic carbocycles. The Morgan fingerprint density at radius 3 is 2.34 bits per heavy atom. The Morgan fingerprint density at radius 2 is 1.71 bits per heavy atom. The van der Waals surface area contributed by atoms with Crippen LogP contribution in [0.1, 0.15) is 79.2 Å². The van der Waals surface area contributed by atoms with Crippen LogP contribution in [0.4, 0.5) is 0 Å². The molecular weight excluding hydrogens is 528 g/mol. The van der Waals surface area contributed by atoms with Gasteiger partial charge in [-0.3, -0.25) is 14.4 Å². The molecule has 3 aliphatic carbocycles. The standard InChI is InChI=1S/C32H42O9/c1-16-21(20-8-10-36-14-20)12-22-26(16)32(7)23(9-11-37-17(2)33)31(6)25(40-19(4)35)13-24(39-18(3)34)30(5)15-38-27(28(30)31)29(32)41-22/h8,10,14,21-25,27-29H,9,11-13,15H2,1-7H3/t21-,22-,23-,24-,25-,27?,28?,29-,30-,31+,32-/m1/s1. The van der Waals surface area contributed by atoms with Gasteiger partial charge in [0.15, 0.2) is 0 Å². The zero-order valence-corrected chi connectivity index (χ0v) is 25.1. The van der Waals surface area contributed by atoms with Crippen LogP contribution in [-0.4, -0.2) is 61.6 Å². The zero-order valence-electron chi connectivity index (χ0n) is 25.1. The molecule has 0 radical (unpaired) electrons. The van der Waals surface area contributed by atoms with E-state index < -0.39 is 28.5 Å². The molecule has 11 atom stereocenters. The predicted octanol–water partition coefficient (Wildman–Crippen LogP) is 4.73. The van der Waals surface area contributed by atoms with Gasteiger partial charge in [-0.1, -0.05) is 26.3 Å². The number of fused-ring (bicyclic) bond motifs is 4. The first-order chi connectivity index (χ1) is 19.3. The zero-order chi connectivity index (χ0) is 29.5. The van der Waals surface area contributed by atoms with E-state index in [-0.39, 0.29) is 60.6 Å². The van der Waals surface area contributed by atoms with E-state index in [9.17, 15) is 14.4 Å². The Balaban J connectivity index is 1.52. The van der Waals surface area contributed by atoms with Gasteiger partial charge in [0.2, 0.25) is 0 Å². The van der Waals surface area contributed by atoms with E-state index in [0.717, 1.165) is 12.0 Å². The molecule has 4 fully saturated rings. The molecule has 0 bridgehead atoms. The van der Waals surface area contributed by atoms with Gasteiger partial charge >= 0.3 is 17.9 Å². The maximum absolute atomic E-state index is 12.6. The molecule has 5 aliphatic rings. The molecule has 2 saturated carbocycles. The van der Waals surface area contributed by atoms with Crippen molar-refractivity contribution >= 4 is 17.9 Å². The topological polar surface area (TPSA) is 111 Å². The largest absolute Gasteiger partial charge is 0.472 e. The lowest BCUT2D eigenvalue weighted by Gasteiger charge is -2.65. The lowest BCUT2D eigenvalue weighted by molar-refractivity contribution is -0.252. The number of furan rings is 1. The van der Waals surface area contributed by atoms with Crippen molar-refractivity contribution in [2.24, 2.45) is 28.1 Å². The first kappa shape index (κ1) is 28.5. The number of hydrogen-bond acceptors (Lipinski definition) is 9. The second-order valence-electron chi connectivity index (χ2n) is 13.5. The fourth-order valence-corrected chi connectivity index (χ4v) is 10.1. The quantitative estimate of drug-likeness (QED) is 0.272. The molecule has 9 nitrogen and oxygen atoms in total. The molecule has 2 unspecified atom stereocenters. The predicted molar refractivity (Wildman–Crippen MR) is 145 cm³/mol. The summed E-state index contributed by atoms with van der Waals surface area (Å²) in [5.74, 6) is -1.09. The van der Waals surface area contributed by atoms with Gasteiger partial charge in [-0.15, -0.1) is 0 Å². The van der Waals surface area contributed by atoms with E-state index >= 15 is 0 Å². The van der Waals surface area contributed by atoms with Crippen LogP contribution in [0.5, 0.6) is 0 Å². The summed E-state index contributed by atoms with van der Waals surface area (Å²) in [5, 5.41) is 0. The summed E-state index contributed by atoms with van der Waals surface area (Å²) < 4.78 is 36.8. The smallest absolute Gasteiger partial charge is 0.302 e. The van der Waals surface area contributed by atoms with Gasteiger partial charge in [0.1, 0.15) is 12.2 Å². The monoisotopic (exact) mass is 570 g/mol. The van der Waals surface area contributed by atoms with Crippen molar-refractivity contribution in [2.45, 2.75) is 104 Å². The summed E-state index contributed by atoms with van der Waals surface area (Å²) in [6, 6.07) is 2.02. The third-order valence-corrected chi connectivity index (χ3v) is 11.4. The van der Waals surface area contributed by atoms with Gasteiger partial charge in [0.25, 0.3) is 0 Å². The van der Waals surface area contributed by atoms with Crippen LogP contribution >= 0.6 is 0 Å². The highest BCUT2D eigenvalue weighted by molar-refractivity contribution is 5.67. The minimum Gasteiger partial charge on any atom is -0.472 e. The SMILES string of the molecule is CC(=O)OCC[C@H]1[C@]2(C)C3=C(C)[C@H](c4ccoc4)C[C@H]3O[C@@H]2C2OC[C@@]3(C)C2[C@]1(C)[C@H](OC(C)=O)C[C@H]3OC(C)=O. The lowest BCUT2D eigenvalue weighted by atomic mass is 9.40. The van der Waals surface area contributed by atoms with Gasteiger partial charge in [-0.05, 0) is 42.9 Å². The van der Waals surface area contributed by atoms with E-state index in [2.05, 4.69) is 27.7 Å². The Bertz CT molecular complexity index is 1270. The third-order valence-electron chi connectivity index (χ3n) is 11.4. The van der Waals surface area contributed by atoms with Crippen LogP contribution in [0.25, 0.3) is 0 Å². The molecule has 9 heteroatoms.